The lowest BCUT2D eigenvalue weighted by atomic mass is 10.3. The lowest BCUT2D eigenvalue weighted by Gasteiger charge is -2.20. The second kappa shape index (κ2) is 11.0. The van der Waals surface area contributed by atoms with E-state index in [1.807, 2.05) is 12.1 Å². The summed E-state index contributed by atoms with van der Waals surface area (Å²) in [6, 6.07) is 3.91. The lowest BCUT2D eigenvalue weighted by molar-refractivity contribution is -0.137. The third kappa shape index (κ3) is 9.57. The van der Waals surface area contributed by atoms with Crippen LogP contribution in [0, 0.1) is 22.7 Å². The summed E-state index contributed by atoms with van der Waals surface area (Å²) in [5.41, 5.74) is 0. The summed E-state index contributed by atoms with van der Waals surface area (Å²) < 4.78 is 0. The molecule has 0 spiro atoms. The number of carboxylic acids is 1. The molecule has 7 heteroatoms. The Morgan fingerprint density at radius 1 is 1.16 bits per heavy atom. The maximum absolute atomic E-state index is 11.8. The van der Waals surface area contributed by atoms with Gasteiger partial charge in [0.05, 0.1) is 31.5 Å². The number of carbonyl (C=O) groups is 2. The van der Waals surface area contributed by atoms with Crippen molar-refractivity contribution in [2.24, 2.45) is 0 Å². The Balaban J connectivity index is 3.93. The van der Waals surface area contributed by atoms with Crippen molar-refractivity contribution in [3.05, 3.63) is 0 Å². The molecular formula is C12H18N4O3. The molecule has 0 fully saturated rings. The molecule has 104 valence electrons. The van der Waals surface area contributed by atoms with Gasteiger partial charge in [0.15, 0.2) is 0 Å². The highest BCUT2D eigenvalue weighted by Crippen LogP contribution is 1.95. The van der Waals surface area contributed by atoms with E-state index in [-0.39, 0.29) is 31.7 Å². The van der Waals surface area contributed by atoms with Crippen molar-refractivity contribution < 1.29 is 14.7 Å². The summed E-state index contributed by atoms with van der Waals surface area (Å²) in [4.78, 5) is 23.5. The SMILES string of the molecule is N#CCCN(CCC#N)C(=O)CNCCCC(=O)O. The first-order chi connectivity index (χ1) is 9.11. The molecule has 0 rings (SSSR count). The van der Waals surface area contributed by atoms with E-state index in [0.29, 0.717) is 26.1 Å². The Hall–Kier alpha value is -2.12. The third-order valence-corrected chi connectivity index (χ3v) is 2.36. The molecule has 0 aliphatic heterocycles. The van der Waals surface area contributed by atoms with Crippen LogP contribution < -0.4 is 5.32 Å². The topological polar surface area (TPSA) is 117 Å². The summed E-state index contributed by atoms with van der Waals surface area (Å²) in [5.74, 6) is -1.04. The molecule has 0 bridgehead atoms. The van der Waals surface area contributed by atoms with Gasteiger partial charge in [-0.2, -0.15) is 10.5 Å². The fourth-order valence-corrected chi connectivity index (χ4v) is 1.40. The van der Waals surface area contributed by atoms with Gasteiger partial charge >= 0.3 is 5.97 Å². The van der Waals surface area contributed by atoms with Crippen LogP contribution in [0.1, 0.15) is 25.7 Å². The van der Waals surface area contributed by atoms with Crippen molar-refractivity contribution >= 4 is 11.9 Å². The van der Waals surface area contributed by atoms with Gasteiger partial charge in [-0.05, 0) is 13.0 Å². The van der Waals surface area contributed by atoms with E-state index in [9.17, 15) is 9.59 Å². The van der Waals surface area contributed by atoms with Gasteiger partial charge in [0, 0.05) is 19.5 Å². The largest absolute Gasteiger partial charge is 0.481 e. The normalized spacial score (nSPS) is 9.37. The van der Waals surface area contributed by atoms with E-state index in [4.69, 9.17) is 15.6 Å². The molecule has 0 heterocycles. The van der Waals surface area contributed by atoms with Gasteiger partial charge in [-0.25, -0.2) is 0 Å². The summed E-state index contributed by atoms with van der Waals surface area (Å²) in [7, 11) is 0. The van der Waals surface area contributed by atoms with E-state index in [1.54, 1.807) is 0 Å². The molecule has 2 N–H and O–H groups in total. The third-order valence-electron chi connectivity index (χ3n) is 2.36. The molecule has 0 atom stereocenters. The second-order valence-electron chi connectivity index (χ2n) is 3.87. The van der Waals surface area contributed by atoms with Gasteiger partial charge in [0.1, 0.15) is 0 Å². The lowest BCUT2D eigenvalue weighted by Crippen LogP contribution is -2.39. The molecule has 0 unspecified atom stereocenters. The highest BCUT2D eigenvalue weighted by molar-refractivity contribution is 5.78. The molecule has 0 aromatic heterocycles. The number of aliphatic carboxylic acids is 1. The van der Waals surface area contributed by atoms with Crippen LogP contribution >= 0.6 is 0 Å². The zero-order valence-corrected chi connectivity index (χ0v) is 10.8. The van der Waals surface area contributed by atoms with Crippen LogP contribution in [0.2, 0.25) is 0 Å². The molecule has 7 nitrogen and oxygen atoms in total. The fourth-order valence-electron chi connectivity index (χ4n) is 1.40. The van der Waals surface area contributed by atoms with Crippen molar-refractivity contribution in [2.75, 3.05) is 26.2 Å². The first kappa shape index (κ1) is 16.9. The van der Waals surface area contributed by atoms with E-state index in [2.05, 4.69) is 5.32 Å². The smallest absolute Gasteiger partial charge is 0.303 e. The average molecular weight is 266 g/mol. The quantitative estimate of drug-likeness (QED) is 0.541. The molecule has 0 saturated heterocycles. The molecule has 0 radical (unpaired) electrons. The van der Waals surface area contributed by atoms with Crippen LogP contribution in [0.3, 0.4) is 0 Å². The number of amides is 1. The molecular weight excluding hydrogens is 248 g/mol. The van der Waals surface area contributed by atoms with Crippen molar-refractivity contribution in [2.45, 2.75) is 25.7 Å². The minimum absolute atomic E-state index is 0.0633. The maximum atomic E-state index is 11.8. The minimum Gasteiger partial charge on any atom is -0.481 e. The molecule has 0 aliphatic carbocycles. The molecule has 0 aliphatic rings. The number of nitrogens with one attached hydrogen (secondary N) is 1. The predicted molar refractivity (Wildman–Crippen MR) is 66.8 cm³/mol. The summed E-state index contributed by atoms with van der Waals surface area (Å²) in [6.07, 6.45) is 0.985. The first-order valence-corrected chi connectivity index (χ1v) is 6.06. The van der Waals surface area contributed by atoms with E-state index < -0.39 is 5.97 Å². The maximum Gasteiger partial charge on any atom is 0.303 e. The fraction of sp³-hybridized carbons (Fsp3) is 0.667. The molecule has 0 saturated carbocycles. The van der Waals surface area contributed by atoms with Crippen LogP contribution in [0.5, 0.6) is 0 Å². The predicted octanol–water partition coefficient (Wildman–Crippen LogP) is 0.0968. The van der Waals surface area contributed by atoms with E-state index >= 15 is 0 Å². The highest BCUT2D eigenvalue weighted by Gasteiger charge is 2.12. The number of carboxylic acid groups (broad SMARTS) is 1. The summed E-state index contributed by atoms with van der Waals surface area (Å²) in [5, 5.41) is 28.3. The van der Waals surface area contributed by atoms with Gasteiger partial charge in [-0.3, -0.25) is 9.59 Å². The van der Waals surface area contributed by atoms with Crippen LogP contribution in [0.25, 0.3) is 0 Å². The second-order valence-corrected chi connectivity index (χ2v) is 3.87. The standard InChI is InChI=1S/C12H18N4O3/c13-5-2-8-16(9-3-6-14)11(17)10-15-7-1-4-12(18)19/h15H,1-4,7-10H2,(H,18,19). The molecule has 19 heavy (non-hydrogen) atoms. The number of hydrogen-bond acceptors (Lipinski definition) is 5. The Kier molecular flexibility index (Phi) is 9.77. The van der Waals surface area contributed by atoms with Crippen molar-refractivity contribution in [1.82, 2.24) is 10.2 Å². The average Bonchev–Trinajstić information content (AvgIpc) is 2.38. The van der Waals surface area contributed by atoms with Crippen molar-refractivity contribution in [1.29, 1.82) is 10.5 Å². The monoisotopic (exact) mass is 266 g/mol. The van der Waals surface area contributed by atoms with Gasteiger partial charge < -0.3 is 15.3 Å². The number of rotatable bonds is 10. The van der Waals surface area contributed by atoms with Gasteiger partial charge in [0.25, 0.3) is 0 Å². The van der Waals surface area contributed by atoms with Gasteiger partial charge in [-0.15, -0.1) is 0 Å². The first-order valence-electron chi connectivity index (χ1n) is 6.06. The number of nitriles is 2. The zero-order valence-electron chi connectivity index (χ0n) is 10.8. The summed E-state index contributed by atoms with van der Waals surface area (Å²) >= 11 is 0. The van der Waals surface area contributed by atoms with Crippen LogP contribution in [-0.2, 0) is 9.59 Å². The number of nitrogens with zero attached hydrogens (tertiary/aromatic N) is 3. The Morgan fingerprint density at radius 2 is 1.74 bits per heavy atom. The zero-order chi connectivity index (χ0) is 14.5. The van der Waals surface area contributed by atoms with Gasteiger partial charge in [-0.1, -0.05) is 0 Å². The number of hydrogen-bond donors (Lipinski definition) is 2. The molecule has 1 amide bonds. The number of carbonyl (C=O) groups excluding carboxylic acids is 1. The van der Waals surface area contributed by atoms with Gasteiger partial charge in [0.2, 0.25) is 5.91 Å². The molecule has 0 aromatic rings. The van der Waals surface area contributed by atoms with E-state index in [0.717, 1.165) is 0 Å². The van der Waals surface area contributed by atoms with Crippen molar-refractivity contribution in [3.8, 4) is 12.1 Å². The van der Waals surface area contributed by atoms with Crippen LogP contribution in [0.15, 0.2) is 0 Å². The molecule has 0 aromatic carbocycles. The Morgan fingerprint density at radius 3 is 2.21 bits per heavy atom. The highest BCUT2D eigenvalue weighted by atomic mass is 16.4. The summed E-state index contributed by atoms with van der Waals surface area (Å²) in [6.45, 7) is 1.17. The van der Waals surface area contributed by atoms with Crippen molar-refractivity contribution in [3.63, 3.8) is 0 Å². The Bertz CT molecular complexity index is 352. The minimum atomic E-state index is -0.863. The van der Waals surface area contributed by atoms with Crippen LogP contribution in [-0.4, -0.2) is 48.1 Å². The van der Waals surface area contributed by atoms with Crippen LogP contribution in [0.4, 0.5) is 0 Å². The Labute approximate surface area is 112 Å². The van der Waals surface area contributed by atoms with E-state index in [1.165, 1.54) is 4.90 Å².